The SMILES string of the molecule is CC(=O)Nc1ccc(OCCOCCOCCOCCOCCOCCOCCOCCOCCOCCOCCOCCOC(=O)C(=O)c2ccccc2)cc1. The van der Waals surface area contributed by atoms with E-state index in [1.807, 2.05) is 0 Å². The Labute approximate surface area is 335 Å². The molecule has 0 saturated heterocycles. The number of Topliss-reactive ketones (excluding diaryl/α,β-unsaturated/α-hetero) is 1. The third-order valence-corrected chi connectivity index (χ3v) is 7.07. The fraction of sp³-hybridized carbons (Fsp3) is 0.625. The zero-order valence-electron chi connectivity index (χ0n) is 33.2. The van der Waals surface area contributed by atoms with Crippen LogP contribution >= 0.6 is 0 Å². The molecule has 17 nitrogen and oxygen atoms in total. The van der Waals surface area contributed by atoms with E-state index in [0.29, 0.717) is 157 Å². The maximum Gasteiger partial charge on any atom is 0.379 e. The molecule has 1 amide bonds. The molecule has 2 rings (SSSR count). The van der Waals surface area contributed by atoms with Gasteiger partial charge in [0.15, 0.2) is 0 Å². The summed E-state index contributed by atoms with van der Waals surface area (Å²) in [6.45, 7) is 11.6. The summed E-state index contributed by atoms with van der Waals surface area (Å²) in [5.41, 5.74) is 1.02. The molecule has 17 heteroatoms. The van der Waals surface area contributed by atoms with Gasteiger partial charge < -0.3 is 66.9 Å². The first kappa shape index (κ1) is 49.6. The molecule has 0 aliphatic carbocycles. The van der Waals surface area contributed by atoms with Gasteiger partial charge in [-0.15, -0.1) is 0 Å². The average molecular weight is 812 g/mol. The van der Waals surface area contributed by atoms with Crippen molar-refractivity contribution in [3.8, 4) is 5.75 Å². The smallest absolute Gasteiger partial charge is 0.379 e. The van der Waals surface area contributed by atoms with Gasteiger partial charge in [0, 0.05) is 18.2 Å². The van der Waals surface area contributed by atoms with Crippen LogP contribution in [0.15, 0.2) is 54.6 Å². The van der Waals surface area contributed by atoms with E-state index in [9.17, 15) is 14.4 Å². The van der Waals surface area contributed by atoms with Crippen molar-refractivity contribution < 1.29 is 76.0 Å². The van der Waals surface area contributed by atoms with Crippen molar-refractivity contribution in [2.75, 3.05) is 164 Å². The van der Waals surface area contributed by atoms with E-state index in [0.717, 1.165) is 5.69 Å². The number of carbonyl (C=O) groups is 3. The Morgan fingerprint density at radius 2 is 0.719 bits per heavy atom. The van der Waals surface area contributed by atoms with Crippen molar-refractivity contribution in [1.29, 1.82) is 0 Å². The first-order valence-corrected chi connectivity index (χ1v) is 19.2. The van der Waals surface area contributed by atoms with E-state index < -0.39 is 11.8 Å². The maximum absolute atomic E-state index is 11.9. The van der Waals surface area contributed by atoms with Crippen molar-refractivity contribution in [2.24, 2.45) is 0 Å². The summed E-state index contributed by atoms with van der Waals surface area (Å²) in [6.07, 6.45) is 0. The molecule has 0 aromatic heterocycles. The van der Waals surface area contributed by atoms with Gasteiger partial charge in [0.05, 0.1) is 145 Å². The van der Waals surface area contributed by atoms with E-state index in [2.05, 4.69) is 5.32 Å². The number of amides is 1. The molecule has 0 radical (unpaired) electrons. The molecule has 1 N–H and O–H groups in total. The van der Waals surface area contributed by atoms with E-state index in [1.165, 1.54) is 6.92 Å². The van der Waals surface area contributed by atoms with Gasteiger partial charge >= 0.3 is 5.97 Å². The average Bonchev–Trinajstić information content (AvgIpc) is 3.22. The summed E-state index contributed by atoms with van der Waals surface area (Å²) in [5, 5.41) is 2.71. The largest absolute Gasteiger partial charge is 0.491 e. The molecule has 0 aliphatic heterocycles. The summed E-state index contributed by atoms with van der Waals surface area (Å²) in [6, 6.07) is 15.4. The molecule has 0 bridgehead atoms. The lowest BCUT2D eigenvalue weighted by Gasteiger charge is -2.09. The highest BCUT2D eigenvalue weighted by Gasteiger charge is 2.17. The zero-order valence-corrected chi connectivity index (χ0v) is 33.2. The molecule has 0 spiro atoms. The molecule has 57 heavy (non-hydrogen) atoms. The Balaban J connectivity index is 1.16. The van der Waals surface area contributed by atoms with Crippen LogP contribution in [0.2, 0.25) is 0 Å². The van der Waals surface area contributed by atoms with Gasteiger partial charge in [-0.05, 0) is 24.3 Å². The molecule has 0 atom stereocenters. The van der Waals surface area contributed by atoms with E-state index >= 15 is 0 Å². The maximum atomic E-state index is 11.9. The molecule has 0 fully saturated rings. The second-order valence-electron chi connectivity index (χ2n) is 11.6. The topological polar surface area (TPSA) is 183 Å². The van der Waals surface area contributed by atoms with Crippen molar-refractivity contribution >= 4 is 23.3 Å². The van der Waals surface area contributed by atoms with Crippen LogP contribution < -0.4 is 10.1 Å². The molecule has 2 aromatic rings. The minimum Gasteiger partial charge on any atom is -0.491 e. The molecule has 2 aromatic carbocycles. The molecule has 322 valence electrons. The normalized spacial score (nSPS) is 11.1. The minimum atomic E-state index is -0.902. The lowest BCUT2D eigenvalue weighted by Crippen LogP contribution is -2.20. The first-order chi connectivity index (χ1) is 28.1. The Bertz CT molecular complexity index is 1250. The number of esters is 1. The number of ketones is 1. The Morgan fingerprint density at radius 3 is 1.05 bits per heavy atom. The van der Waals surface area contributed by atoms with Gasteiger partial charge in [-0.2, -0.15) is 0 Å². The van der Waals surface area contributed by atoms with Crippen molar-refractivity contribution in [3.63, 3.8) is 0 Å². The standard InChI is InChI=1S/C40H61NO16/c1-35(42)41-37-7-9-38(10-8-37)56-33-31-54-29-27-52-25-23-50-21-19-48-17-15-46-13-11-45-12-14-47-16-18-49-20-22-51-24-26-53-28-30-55-32-34-57-40(44)39(43)36-5-3-2-4-6-36/h2-10H,11-34H2,1H3,(H,41,42). The Kier molecular flexibility index (Phi) is 31.9. The second kappa shape index (κ2) is 36.7. The summed E-state index contributed by atoms with van der Waals surface area (Å²) in [5.74, 6) is -0.987. The number of hydrogen-bond acceptors (Lipinski definition) is 16. The van der Waals surface area contributed by atoms with Crippen LogP contribution in [-0.4, -0.2) is 176 Å². The van der Waals surface area contributed by atoms with Crippen LogP contribution in [0.3, 0.4) is 0 Å². The van der Waals surface area contributed by atoms with Gasteiger partial charge in [-0.25, -0.2) is 4.79 Å². The number of rotatable bonds is 40. The third-order valence-electron chi connectivity index (χ3n) is 7.07. The summed E-state index contributed by atoms with van der Waals surface area (Å²) in [7, 11) is 0. The summed E-state index contributed by atoms with van der Waals surface area (Å²) in [4.78, 5) is 34.7. The number of nitrogens with one attached hydrogen (secondary N) is 1. The van der Waals surface area contributed by atoms with Gasteiger partial charge in [0.1, 0.15) is 19.0 Å². The quantitative estimate of drug-likeness (QED) is 0.0448. The molecule has 0 heterocycles. The zero-order chi connectivity index (χ0) is 40.7. The minimum absolute atomic E-state index is 0.00863. The van der Waals surface area contributed by atoms with Crippen LogP contribution in [0.5, 0.6) is 5.75 Å². The Hall–Kier alpha value is -3.59. The lowest BCUT2D eigenvalue weighted by molar-refractivity contribution is -0.139. The predicted molar refractivity (Wildman–Crippen MR) is 207 cm³/mol. The second-order valence-corrected chi connectivity index (χ2v) is 11.6. The lowest BCUT2D eigenvalue weighted by atomic mass is 10.1. The van der Waals surface area contributed by atoms with Crippen molar-refractivity contribution in [3.05, 3.63) is 60.2 Å². The van der Waals surface area contributed by atoms with Crippen LogP contribution in [-0.2, 0) is 66.4 Å². The summed E-state index contributed by atoms with van der Waals surface area (Å²) < 4.78 is 70.6. The van der Waals surface area contributed by atoms with E-state index in [-0.39, 0.29) is 19.1 Å². The summed E-state index contributed by atoms with van der Waals surface area (Å²) >= 11 is 0. The monoisotopic (exact) mass is 811 g/mol. The van der Waals surface area contributed by atoms with Crippen molar-refractivity contribution in [1.82, 2.24) is 0 Å². The van der Waals surface area contributed by atoms with Crippen LogP contribution in [0.25, 0.3) is 0 Å². The predicted octanol–water partition coefficient (Wildman–Crippen LogP) is 2.63. The van der Waals surface area contributed by atoms with Gasteiger partial charge in [-0.3, -0.25) is 9.59 Å². The highest BCUT2D eigenvalue weighted by atomic mass is 16.6. The number of ether oxygens (including phenoxy) is 13. The fourth-order valence-electron chi connectivity index (χ4n) is 4.32. The molecular formula is C40H61NO16. The van der Waals surface area contributed by atoms with Crippen LogP contribution in [0.1, 0.15) is 17.3 Å². The van der Waals surface area contributed by atoms with Gasteiger partial charge in [-0.1, -0.05) is 30.3 Å². The number of anilines is 1. The molecule has 0 saturated carbocycles. The highest BCUT2D eigenvalue weighted by molar-refractivity contribution is 6.40. The number of benzene rings is 2. The van der Waals surface area contributed by atoms with Crippen molar-refractivity contribution in [2.45, 2.75) is 6.92 Å². The highest BCUT2D eigenvalue weighted by Crippen LogP contribution is 2.15. The molecule has 0 unspecified atom stereocenters. The van der Waals surface area contributed by atoms with Crippen LogP contribution in [0.4, 0.5) is 5.69 Å². The number of carbonyl (C=O) groups excluding carboxylic acids is 3. The van der Waals surface area contributed by atoms with E-state index in [1.54, 1.807) is 54.6 Å². The van der Waals surface area contributed by atoms with Gasteiger partial charge in [0.25, 0.3) is 5.78 Å². The molecular weight excluding hydrogens is 750 g/mol. The van der Waals surface area contributed by atoms with E-state index in [4.69, 9.17) is 61.6 Å². The Morgan fingerprint density at radius 1 is 0.404 bits per heavy atom. The van der Waals surface area contributed by atoms with Crippen LogP contribution in [0, 0.1) is 0 Å². The van der Waals surface area contributed by atoms with Gasteiger partial charge in [0.2, 0.25) is 5.91 Å². The number of hydrogen-bond donors (Lipinski definition) is 1. The molecule has 0 aliphatic rings. The third kappa shape index (κ3) is 30.2. The fourth-order valence-corrected chi connectivity index (χ4v) is 4.32. The first-order valence-electron chi connectivity index (χ1n) is 19.2.